The van der Waals surface area contributed by atoms with Crippen molar-refractivity contribution in [2.24, 2.45) is 5.10 Å². The summed E-state index contributed by atoms with van der Waals surface area (Å²) in [5, 5.41) is 19.9. The van der Waals surface area contributed by atoms with Crippen LogP contribution in [0.1, 0.15) is 12.5 Å². The number of anilines is 1. The molecule has 0 unspecified atom stereocenters. The zero-order valence-electron chi connectivity index (χ0n) is 13.0. The standard InChI is InChI=1S/C14H16N6O2S/c1-9(11-5-4-10(21-2)8-12(11)22-3)17-18-13-16-14(20-19-13)23-7-6-15/h4-5,8H,7H2,1-3H3,(H2,16,18,19,20). The lowest BCUT2D eigenvalue weighted by Crippen LogP contribution is -2.03. The molecule has 2 aromatic rings. The summed E-state index contributed by atoms with van der Waals surface area (Å²) in [5.41, 5.74) is 4.34. The van der Waals surface area contributed by atoms with E-state index in [-0.39, 0.29) is 0 Å². The molecule has 0 spiro atoms. The zero-order valence-corrected chi connectivity index (χ0v) is 13.8. The number of nitrogens with zero attached hydrogens (tertiary/aromatic N) is 4. The quantitative estimate of drug-likeness (QED) is 0.455. The maximum atomic E-state index is 8.53. The number of hydrogen-bond donors (Lipinski definition) is 2. The predicted molar refractivity (Wildman–Crippen MR) is 88.1 cm³/mol. The van der Waals surface area contributed by atoms with Crippen LogP contribution in [0.15, 0.2) is 28.5 Å². The number of hydrazone groups is 1. The molecule has 0 saturated carbocycles. The first kappa shape index (κ1) is 16.6. The molecule has 8 nitrogen and oxygen atoms in total. The number of aromatic amines is 1. The van der Waals surface area contributed by atoms with Gasteiger partial charge < -0.3 is 9.47 Å². The summed E-state index contributed by atoms with van der Waals surface area (Å²) in [4.78, 5) is 4.16. The smallest absolute Gasteiger partial charge is 0.240 e. The van der Waals surface area contributed by atoms with Crippen molar-refractivity contribution in [1.29, 1.82) is 5.26 Å². The lowest BCUT2D eigenvalue weighted by molar-refractivity contribution is 0.394. The van der Waals surface area contributed by atoms with E-state index in [2.05, 4.69) is 25.7 Å². The molecule has 1 aromatic heterocycles. The number of H-pyrrole nitrogens is 1. The highest BCUT2D eigenvalue weighted by Crippen LogP contribution is 2.25. The second kappa shape index (κ2) is 8.05. The number of thioether (sulfide) groups is 1. The van der Waals surface area contributed by atoms with Gasteiger partial charge in [0.15, 0.2) is 0 Å². The van der Waals surface area contributed by atoms with Crippen molar-refractivity contribution in [1.82, 2.24) is 15.2 Å². The minimum Gasteiger partial charge on any atom is -0.497 e. The molecule has 0 bridgehead atoms. The third-order valence-electron chi connectivity index (χ3n) is 2.86. The molecule has 1 aromatic carbocycles. The van der Waals surface area contributed by atoms with E-state index in [9.17, 15) is 0 Å². The molecule has 0 aliphatic rings. The van der Waals surface area contributed by atoms with E-state index < -0.39 is 0 Å². The predicted octanol–water partition coefficient (Wildman–Crippen LogP) is 2.27. The minimum absolute atomic E-state index is 0.294. The fraction of sp³-hybridized carbons (Fsp3) is 0.286. The molecular formula is C14H16N6O2S. The second-order valence-corrected chi connectivity index (χ2v) is 5.23. The van der Waals surface area contributed by atoms with Gasteiger partial charge in [-0.2, -0.15) is 15.3 Å². The number of benzene rings is 1. The Morgan fingerprint density at radius 1 is 1.43 bits per heavy atom. The van der Waals surface area contributed by atoms with Gasteiger partial charge in [0.2, 0.25) is 11.1 Å². The van der Waals surface area contributed by atoms with Crippen LogP contribution in [0.3, 0.4) is 0 Å². The third kappa shape index (κ3) is 4.37. The molecule has 0 aliphatic heterocycles. The molecule has 9 heteroatoms. The summed E-state index contributed by atoms with van der Waals surface area (Å²) in [6.45, 7) is 1.85. The van der Waals surface area contributed by atoms with Crippen LogP contribution >= 0.6 is 11.8 Å². The van der Waals surface area contributed by atoms with E-state index in [1.807, 2.05) is 25.1 Å². The number of nitrogens with one attached hydrogen (secondary N) is 2. The molecular weight excluding hydrogens is 316 g/mol. The van der Waals surface area contributed by atoms with Gasteiger partial charge in [0, 0.05) is 11.6 Å². The molecule has 0 radical (unpaired) electrons. The maximum absolute atomic E-state index is 8.53. The van der Waals surface area contributed by atoms with Crippen LogP contribution in [0.2, 0.25) is 0 Å². The van der Waals surface area contributed by atoms with Crippen molar-refractivity contribution < 1.29 is 9.47 Å². The third-order valence-corrected chi connectivity index (χ3v) is 3.57. The largest absolute Gasteiger partial charge is 0.497 e. The number of hydrogen-bond acceptors (Lipinski definition) is 8. The number of aromatic nitrogens is 3. The van der Waals surface area contributed by atoms with E-state index in [0.29, 0.717) is 34.1 Å². The van der Waals surface area contributed by atoms with Crippen LogP contribution in [-0.4, -0.2) is 40.9 Å². The number of ether oxygens (including phenoxy) is 2. The van der Waals surface area contributed by atoms with Gasteiger partial charge in [-0.1, -0.05) is 11.8 Å². The van der Waals surface area contributed by atoms with Crippen LogP contribution < -0.4 is 14.9 Å². The Kier molecular flexibility index (Phi) is 5.82. The number of methoxy groups -OCH3 is 2. The Labute approximate surface area is 137 Å². The van der Waals surface area contributed by atoms with Crippen molar-refractivity contribution in [2.75, 3.05) is 25.4 Å². The van der Waals surface area contributed by atoms with Crippen molar-refractivity contribution in [3.05, 3.63) is 23.8 Å². The van der Waals surface area contributed by atoms with Gasteiger partial charge >= 0.3 is 0 Å². The number of rotatable bonds is 7. The van der Waals surface area contributed by atoms with E-state index >= 15 is 0 Å². The molecule has 2 rings (SSSR count). The lowest BCUT2D eigenvalue weighted by Gasteiger charge is -2.10. The SMILES string of the molecule is COc1ccc(C(C)=NNc2nc(SCC#N)n[nH]2)c(OC)c1. The molecule has 0 fully saturated rings. The van der Waals surface area contributed by atoms with Crippen LogP contribution in [0.5, 0.6) is 11.5 Å². The van der Waals surface area contributed by atoms with Crippen LogP contribution in [0.4, 0.5) is 5.95 Å². The van der Waals surface area contributed by atoms with Crippen LogP contribution in [0.25, 0.3) is 0 Å². The Hall–Kier alpha value is -2.73. The van der Waals surface area contributed by atoms with E-state index in [1.165, 1.54) is 11.8 Å². The van der Waals surface area contributed by atoms with E-state index in [0.717, 1.165) is 5.56 Å². The first-order valence-corrected chi connectivity index (χ1v) is 7.61. The highest BCUT2D eigenvalue weighted by molar-refractivity contribution is 7.99. The summed E-state index contributed by atoms with van der Waals surface area (Å²) >= 11 is 1.25. The molecule has 1 heterocycles. The molecule has 0 amide bonds. The first-order valence-electron chi connectivity index (χ1n) is 6.62. The summed E-state index contributed by atoms with van der Waals surface area (Å²) in [6.07, 6.45) is 0. The van der Waals surface area contributed by atoms with Crippen LogP contribution in [0, 0.1) is 11.3 Å². The summed E-state index contributed by atoms with van der Waals surface area (Å²) in [5.74, 6) is 2.07. The van der Waals surface area contributed by atoms with Gasteiger partial charge in [0.25, 0.3) is 0 Å². The van der Waals surface area contributed by atoms with Gasteiger partial charge in [-0.15, -0.1) is 5.10 Å². The highest BCUT2D eigenvalue weighted by Gasteiger charge is 2.09. The highest BCUT2D eigenvalue weighted by atomic mass is 32.2. The maximum Gasteiger partial charge on any atom is 0.240 e. The van der Waals surface area contributed by atoms with Crippen molar-refractivity contribution >= 4 is 23.4 Å². The van der Waals surface area contributed by atoms with Gasteiger partial charge in [-0.05, 0) is 19.1 Å². The van der Waals surface area contributed by atoms with Crippen LogP contribution in [-0.2, 0) is 0 Å². The Balaban J connectivity index is 2.11. The van der Waals surface area contributed by atoms with Gasteiger partial charge in [-0.3, -0.25) is 0 Å². The monoisotopic (exact) mass is 332 g/mol. The van der Waals surface area contributed by atoms with Crippen molar-refractivity contribution in [3.8, 4) is 17.6 Å². The molecule has 23 heavy (non-hydrogen) atoms. The average molecular weight is 332 g/mol. The fourth-order valence-corrected chi connectivity index (χ4v) is 2.21. The second-order valence-electron chi connectivity index (χ2n) is 4.29. The Morgan fingerprint density at radius 3 is 2.96 bits per heavy atom. The number of nitriles is 1. The van der Waals surface area contributed by atoms with E-state index in [1.54, 1.807) is 20.3 Å². The molecule has 2 N–H and O–H groups in total. The van der Waals surface area contributed by atoms with E-state index in [4.69, 9.17) is 14.7 Å². The van der Waals surface area contributed by atoms with Crippen molar-refractivity contribution in [3.63, 3.8) is 0 Å². The summed E-state index contributed by atoms with van der Waals surface area (Å²) in [6, 6.07) is 7.51. The average Bonchev–Trinajstić information content (AvgIpc) is 3.05. The first-order chi connectivity index (χ1) is 11.2. The Morgan fingerprint density at radius 2 is 2.26 bits per heavy atom. The van der Waals surface area contributed by atoms with Gasteiger partial charge in [-0.25, -0.2) is 10.5 Å². The normalized spacial score (nSPS) is 11.0. The molecule has 120 valence electrons. The van der Waals surface area contributed by atoms with Crippen molar-refractivity contribution in [2.45, 2.75) is 12.1 Å². The minimum atomic E-state index is 0.294. The van der Waals surface area contributed by atoms with Gasteiger partial charge in [0.1, 0.15) is 11.5 Å². The molecule has 0 atom stereocenters. The van der Waals surface area contributed by atoms with Gasteiger partial charge in [0.05, 0.1) is 31.8 Å². The summed E-state index contributed by atoms with van der Waals surface area (Å²) < 4.78 is 10.5. The lowest BCUT2D eigenvalue weighted by atomic mass is 10.1. The molecule has 0 aliphatic carbocycles. The Bertz CT molecular complexity index is 737. The zero-order chi connectivity index (χ0) is 16.7. The topological polar surface area (TPSA) is 108 Å². The fourth-order valence-electron chi connectivity index (χ4n) is 1.75. The molecule has 0 saturated heterocycles. The summed E-state index contributed by atoms with van der Waals surface area (Å²) in [7, 11) is 3.19.